The number of nitrogens with zero attached hydrogens (tertiary/aromatic N) is 1. The molecule has 0 radical (unpaired) electrons. The SMILES string of the molecule is [2H]C([2H])([2H])c1c[n+](C)c(-c2ccccc2C)cc1-c1ccc2c(c1)[Si](C)(C)c1ccccc1[Si]2(C)C. The molecule has 3 aromatic carbocycles. The van der Waals surface area contributed by atoms with Crippen LogP contribution in [0.1, 0.15) is 15.2 Å². The Balaban J connectivity index is 1.78. The number of hydrogen-bond acceptors (Lipinski definition) is 0. The Hall–Kier alpha value is -2.76. The van der Waals surface area contributed by atoms with E-state index in [-0.39, 0.29) is 0 Å². The average molecular weight is 468 g/mol. The van der Waals surface area contributed by atoms with Crippen LogP contribution in [0.3, 0.4) is 0 Å². The molecule has 1 aliphatic rings. The van der Waals surface area contributed by atoms with Crippen molar-refractivity contribution < 1.29 is 8.68 Å². The van der Waals surface area contributed by atoms with E-state index in [1.807, 2.05) is 23.7 Å². The summed E-state index contributed by atoms with van der Waals surface area (Å²) in [4.78, 5) is 0. The van der Waals surface area contributed by atoms with Crippen LogP contribution in [0.2, 0.25) is 26.2 Å². The molecule has 3 heteroatoms. The maximum Gasteiger partial charge on any atom is 0.213 e. The number of fused-ring (bicyclic) bond motifs is 2. The molecular formula is C30H34NSi2+. The highest BCUT2D eigenvalue weighted by Crippen LogP contribution is 2.29. The number of benzene rings is 3. The zero-order valence-corrected chi connectivity index (χ0v) is 22.5. The molecule has 0 atom stereocenters. The third kappa shape index (κ3) is 3.37. The zero-order valence-electron chi connectivity index (χ0n) is 23.5. The van der Waals surface area contributed by atoms with Gasteiger partial charge in [-0.3, -0.25) is 0 Å². The molecule has 166 valence electrons. The van der Waals surface area contributed by atoms with Gasteiger partial charge >= 0.3 is 0 Å². The van der Waals surface area contributed by atoms with E-state index in [0.717, 1.165) is 22.4 Å². The van der Waals surface area contributed by atoms with Gasteiger partial charge in [0, 0.05) is 21.3 Å². The van der Waals surface area contributed by atoms with E-state index in [0.29, 0.717) is 5.56 Å². The Bertz CT molecular complexity index is 1500. The summed E-state index contributed by atoms with van der Waals surface area (Å²) in [7, 11) is -1.87. The van der Waals surface area contributed by atoms with E-state index in [1.165, 1.54) is 21.1 Å². The van der Waals surface area contributed by atoms with Crippen LogP contribution in [-0.4, -0.2) is 16.1 Å². The van der Waals surface area contributed by atoms with Crippen molar-refractivity contribution >= 4 is 36.9 Å². The Morgan fingerprint density at radius 3 is 1.94 bits per heavy atom. The molecule has 0 bridgehead atoms. The molecule has 0 saturated carbocycles. The second kappa shape index (κ2) is 7.64. The highest BCUT2D eigenvalue weighted by molar-refractivity contribution is 7.16. The van der Waals surface area contributed by atoms with Gasteiger partial charge < -0.3 is 0 Å². The lowest BCUT2D eigenvalue weighted by molar-refractivity contribution is -0.660. The predicted octanol–water partition coefficient (Wildman–Crippen LogP) is 4.42. The monoisotopic (exact) mass is 467 g/mol. The lowest BCUT2D eigenvalue weighted by atomic mass is 9.97. The molecule has 33 heavy (non-hydrogen) atoms. The Labute approximate surface area is 205 Å². The van der Waals surface area contributed by atoms with Gasteiger partial charge in [0.25, 0.3) is 0 Å². The number of aromatic nitrogens is 1. The largest absolute Gasteiger partial charge is 0.213 e. The third-order valence-electron chi connectivity index (χ3n) is 7.65. The van der Waals surface area contributed by atoms with Crippen LogP contribution in [0, 0.1) is 13.8 Å². The minimum absolute atomic E-state index is 0.398. The van der Waals surface area contributed by atoms with Gasteiger partial charge in [0.05, 0.1) is 0 Å². The smallest absolute Gasteiger partial charge is 0.201 e. The summed E-state index contributed by atoms with van der Waals surface area (Å²) in [6.07, 6.45) is 1.81. The number of hydrogen-bond donors (Lipinski definition) is 0. The lowest BCUT2D eigenvalue weighted by Gasteiger charge is -2.42. The van der Waals surface area contributed by atoms with Crippen molar-refractivity contribution in [2.75, 3.05) is 0 Å². The van der Waals surface area contributed by atoms with Gasteiger partial charge in [-0.2, -0.15) is 0 Å². The van der Waals surface area contributed by atoms with Crippen LogP contribution in [-0.2, 0) is 7.05 Å². The highest BCUT2D eigenvalue weighted by atomic mass is 28.3. The standard InChI is InChI=1S/C30H34NSi2/c1-21-12-8-9-13-24(21)26-19-25(22(2)20-31(26)3)23-16-17-29-30(18-23)33(6,7)28-15-11-10-14-27(28)32(29,4)5/h8-20H,1-7H3/q+1/i2D3. The number of rotatable bonds is 2. The van der Waals surface area contributed by atoms with E-state index in [1.54, 1.807) is 11.4 Å². The average Bonchev–Trinajstić information content (AvgIpc) is 2.83. The van der Waals surface area contributed by atoms with Crippen molar-refractivity contribution in [3.8, 4) is 22.4 Å². The summed E-state index contributed by atoms with van der Waals surface area (Å²) in [6, 6.07) is 26.2. The van der Waals surface area contributed by atoms with Gasteiger partial charge in [-0.25, -0.2) is 4.57 Å². The zero-order chi connectivity index (χ0) is 26.0. The molecule has 0 saturated heterocycles. The number of pyridine rings is 1. The summed E-state index contributed by atoms with van der Waals surface area (Å²) >= 11 is 0. The van der Waals surface area contributed by atoms with Crippen LogP contribution in [0.5, 0.6) is 0 Å². The van der Waals surface area contributed by atoms with Crippen LogP contribution >= 0.6 is 0 Å². The van der Waals surface area contributed by atoms with Crippen molar-refractivity contribution in [1.82, 2.24) is 0 Å². The van der Waals surface area contributed by atoms with Crippen molar-refractivity contribution in [3.63, 3.8) is 0 Å². The molecule has 0 unspecified atom stereocenters. The molecular weight excluding hydrogens is 431 g/mol. The second-order valence-corrected chi connectivity index (χ2v) is 19.1. The van der Waals surface area contributed by atoms with Gasteiger partial charge in [0.15, 0.2) is 6.20 Å². The van der Waals surface area contributed by atoms with E-state index < -0.39 is 23.0 Å². The van der Waals surface area contributed by atoms with Crippen LogP contribution in [0.15, 0.2) is 79.0 Å². The lowest BCUT2D eigenvalue weighted by Crippen LogP contribution is -2.77. The van der Waals surface area contributed by atoms with Gasteiger partial charge in [-0.1, -0.05) is 108 Å². The molecule has 0 N–H and O–H groups in total. The fourth-order valence-corrected chi connectivity index (χ4v) is 15.0. The quantitative estimate of drug-likeness (QED) is 0.303. The molecule has 1 nitrogen and oxygen atoms in total. The van der Waals surface area contributed by atoms with Crippen molar-refractivity contribution in [2.45, 2.75) is 40.0 Å². The van der Waals surface area contributed by atoms with Crippen LogP contribution in [0.4, 0.5) is 0 Å². The van der Waals surface area contributed by atoms with Crippen LogP contribution < -0.4 is 25.3 Å². The fraction of sp³-hybridized carbons (Fsp3) is 0.233. The molecule has 0 spiro atoms. The predicted molar refractivity (Wildman–Crippen MR) is 148 cm³/mol. The van der Waals surface area contributed by atoms with E-state index in [9.17, 15) is 0 Å². The minimum atomic E-state index is -2.21. The fourth-order valence-electron chi connectivity index (χ4n) is 5.65. The second-order valence-electron chi connectivity index (χ2n) is 10.5. The van der Waals surface area contributed by atoms with Gasteiger partial charge in [-0.15, -0.1) is 0 Å². The van der Waals surface area contributed by atoms with Crippen molar-refractivity contribution in [1.29, 1.82) is 0 Å². The minimum Gasteiger partial charge on any atom is -0.201 e. The summed E-state index contributed by atoms with van der Waals surface area (Å²) in [5.41, 5.74) is 5.51. The Morgan fingerprint density at radius 1 is 0.667 bits per heavy atom. The molecule has 0 aliphatic carbocycles. The first kappa shape index (κ1) is 18.6. The molecule has 4 aromatic rings. The van der Waals surface area contributed by atoms with E-state index in [2.05, 4.69) is 93.8 Å². The number of aryl methyl sites for hydroxylation is 3. The maximum atomic E-state index is 8.34. The topological polar surface area (TPSA) is 3.88 Å². The first-order valence-corrected chi connectivity index (χ1v) is 17.7. The summed E-state index contributed by atoms with van der Waals surface area (Å²) in [6.45, 7) is 9.66. The third-order valence-corrected chi connectivity index (χ3v) is 15.3. The molecule has 2 heterocycles. The summed E-state index contributed by atoms with van der Waals surface area (Å²) < 4.78 is 27.0. The molecule has 0 fully saturated rings. The van der Waals surface area contributed by atoms with Gasteiger partial charge in [0.1, 0.15) is 23.2 Å². The summed E-state index contributed by atoms with van der Waals surface area (Å²) in [5.74, 6) is 0. The highest BCUT2D eigenvalue weighted by Gasteiger charge is 2.43. The van der Waals surface area contributed by atoms with Crippen molar-refractivity contribution in [3.05, 3.63) is 90.1 Å². The van der Waals surface area contributed by atoms with E-state index in [4.69, 9.17) is 4.11 Å². The van der Waals surface area contributed by atoms with Gasteiger partial charge in [-0.05, 0) is 36.5 Å². The summed E-state index contributed by atoms with van der Waals surface area (Å²) in [5, 5.41) is 6.04. The van der Waals surface area contributed by atoms with E-state index >= 15 is 0 Å². The van der Waals surface area contributed by atoms with Gasteiger partial charge in [0.2, 0.25) is 5.69 Å². The molecule has 1 aromatic heterocycles. The van der Waals surface area contributed by atoms with Crippen LogP contribution in [0.25, 0.3) is 22.4 Å². The first-order chi connectivity index (χ1) is 16.8. The maximum absolute atomic E-state index is 8.34. The molecule has 1 aliphatic heterocycles. The first-order valence-electron chi connectivity index (χ1n) is 13.2. The molecule has 0 amide bonds. The Morgan fingerprint density at radius 2 is 1.27 bits per heavy atom. The Kier molecular flexibility index (Phi) is 4.32. The van der Waals surface area contributed by atoms with Crippen molar-refractivity contribution in [2.24, 2.45) is 7.05 Å². The molecule has 5 rings (SSSR count). The normalized spacial score (nSPS) is 17.3.